The van der Waals surface area contributed by atoms with Crippen LogP contribution in [0.3, 0.4) is 0 Å². The van der Waals surface area contributed by atoms with Gasteiger partial charge in [-0.05, 0) is 24.3 Å². The number of carbonyl (C=O) groups excluding carboxylic acids is 1. The Kier molecular flexibility index (Phi) is 5.60. The van der Waals surface area contributed by atoms with Crippen LogP contribution < -0.4 is 0 Å². The van der Waals surface area contributed by atoms with Gasteiger partial charge in [0.1, 0.15) is 17.7 Å². The monoisotopic (exact) mass is 431 g/mol. The van der Waals surface area contributed by atoms with Crippen LogP contribution in [0, 0.1) is 5.82 Å². The molecule has 8 heteroatoms. The Labute approximate surface area is 184 Å². The highest BCUT2D eigenvalue weighted by Gasteiger charge is 2.27. The molecule has 5 rings (SSSR count). The fraction of sp³-hybridized carbons (Fsp3) is 0.250. The lowest BCUT2D eigenvalue weighted by Gasteiger charge is -2.32. The number of para-hydroxylation sites is 2. The number of amides is 1. The zero-order valence-corrected chi connectivity index (χ0v) is 17.4. The predicted octanol–water partition coefficient (Wildman–Crippen LogP) is 3.69. The van der Waals surface area contributed by atoms with Gasteiger partial charge in [-0.1, -0.05) is 24.3 Å². The van der Waals surface area contributed by atoms with Gasteiger partial charge in [0.05, 0.1) is 48.0 Å². The van der Waals surface area contributed by atoms with Crippen molar-refractivity contribution < 1.29 is 13.9 Å². The average Bonchev–Trinajstić information content (AvgIpc) is 3.26. The van der Waals surface area contributed by atoms with Gasteiger partial charge < -0.3 is 14.6 Å². The zero-order chi connectivity index (χ0) is 21.9. The minimum Gasteiger partial charge on any atom is -0.368 e. The van der Waals surface area contributed by atoms with Crippen molar-refractivity contribution in [1.29, 1.82) is 0 Å². The van der Waals surface area contributed by atoms with E-state index in [1.807, 2.05) is 24.3 Å². The van der Waals surface area contributed by atoms with Gasteiger partial charge >= 0.3 is 0 Å². The van der Waals surface area contributed by atoms with Gasteiger partial charge in [-0.25, -0.2) is 14.4 Å². The van der Waals surface area contributed by atoms with E-state index in [2.05, 4.69) is 19.9 Å². The molecule has 162 valence electrons. The van der Waals surface area contributed by atoms with Crippen molar-refractivity contribution in [2.75, 3.05) is 19.7 Å². The first-order valence-electron chi connectivity index (χ1n) is 10.6. The number of carbonyl (C=O) groups is 1. The molecule has 32 heavy (non-hydrogen) atoms. The molecule has 1 fully saturated rings. The number of nitrogens with zero attached hydrogens (tertiary/aromatic N) is 4. The first-order valence-corrected chi connectivity index (χ1v) is 10.6. The number of hydrogen-bond donors (Lipinski definition) is 1. The molecule has 1 amide bonds. The fourth-order valence-electron chi connectivity index (χ4n) is 3.89. The first-order chi connectivity index (χ1) is 15.7. The van der Waals surface area contributed by atoms with Gasteiger partial charge in [0.15, 0.2) is 0 Å². The van der Waals surface area contributed by atoms with Crippen LogP contribution in [-0.4, -0.2) is 50.4 Å². The minimum absolute atomic E-state index is 0.0491. The molecule has 1 atom stereocenters. The summed E-state index contributed by atoms with van der Waals surface area (Å²) in [5.74, 6) is 0.524. The number of aromatic nitrogens is 4. The summed E-state index contributed by atoms with van der Waals surface area (Å²) in [6.45, 7) is 1.36. The Hall–Kier alpha value is -3.65. The SMILES string of the molecule is O=C(CCc1nc2ccccc2[nH]1)N1CCOC(c2cncc(-c3cccc(F)c3)n2)C1. The lowest BCUT2D eigenvalue weighted by Crippen LogP contribution is -2.42. The molecule has 2 aromatic heterocycles. The van der Waals surface area contributed by atoms with Crippen molar-refractivity contribution in [3.8, 4) is 11.3 Å². The summed E-state index contributed by atoms with van der Waals surface area (Å²) >= 11 is 0. The third-order valence-electron chi connectivity index (χ3n) is 5.54. The van der Waals surface area contributed by atoms with Gasteiger partial charge in [-0.2, -0.15) is 0 Å². The van der Waals surface area contributed by atoms with Crippen LogP contribution in [0.5, 0.6) is 0 Å². The number of H-pyrrole nitrogens is 1. The predicted molar refractivity (Wildman–Crippen MR) is 117 cm³/mol. The zero-order valence-electron chi connectivity index (χ0n) is 17.4. The van der Waals surface area contributed by atoms with Crippen molar-refractivity contribution in [3.05, 3.63) is 78.3 Å². The molecular formula is C24H22FN5O2. The van der Waals surface area contributed by atoms with Gasteiger partial charge in [-0.3, -0.25) is 9.78 Å². The number of rotatable bonds is 5. The summed E-state index contributed by atoms with van der Waals surface area (Å²) in [6, 6.07) is 14.0. The summed E-state index contributed by atoms with van der Waals surface area (Å²) in [5.41, 5.74) is 3.71. The Morgan fingerprint density at radius 1 is 1.16 bits per heavy atom. The second-order valence-corrected chi connectivity index (χ2v) is 7.74. The molecule has 0 bridgehead atoms. The van der Waals surface area contributed by atoms with Crippen LogP contribution in [0.25, 0.3) is 22.3 Å². The van der Waals surface area contributed by atoms with Crippen molar-refractivity contribution >= 4 is 16.9 Å². The van der Waals surface area contributed by atoms with Crippen molar-refractivity contribution in [2.24, 2.45) is 0 Å². The molecule has 0 spiro atoms. The second kappa shape index (κ2) is 8.84. The summed E-state index contributed by atoms with van der Waals surface area (Å²) in [4.78, 5) is 31.3. The minimum atomic E-state index is -0.375. The molecule has 1 aliphatic rings. The van der Waals surface area contributed by atoms with Crippen LogP contribution in [0.4, 0.5) is 4.39 Å². The lowest BCUT2D eigenvalue weighted by atomic mass is 10.1. The molecule has 4 aromatic rings. The number of aromatic amines is 1. The van der Waals surface area contributed by atoms with Crippen LogP contribution in [0.2, 0.25) is 0 Å². The fourth-order valence-corrected chi connectivity index (χ4v) is 3.89. The van der Waals surface area contributed by atoms with Crippen molar-refractivity contribution in [1.82, 2.24) is 24.8 Å². The number of morpholine rings is 1. The summed E-state index contributed by atoms with van der Waals surface area (Å²) in [5, 5.41) is 0. The van der Waals surface area contributed by atoms with Crippen LogP contribution in [0.1, 0.15) is 24.0 Å². The summed E-state index contributed by atoms with van der Waals surface area (Å²) in [7, 11) is 0. The quantitative estimate of drug-likeness (QED) is 0.521. The van der Waals surface area contributed by atoms with Gasteiger partial charge in [0.25, 0.3) is 0 Å². The summed E-state index contributed by atoms with van der Waals surface area (Å²) < 4.78 is 19.5. The second-order valence-electron chi connectivity index (χ2n) is 7.74. The number of benzene rings is 2. The number of hydrogen-bond acceptors (Lipinski definition) is 5. The molecule has 0 saturated carbocycles. The molecule has 0 aliphatic carbocycles. The van der Waals surface area contributed by atoms with Crippen LogP contribution in [-0.2, 0) is 16.0 Å². The van der Waals surface area contributed by atoms with E-state index in [0.717, 1.165) is 16.9 Å². The standard InChI is InChI=1S/C24H22FN5O2/c25-17-5-3-4-16(12-17)20-13-26-14-21(27-20)22-15-30(10-11-32-22)24(31)9-8-23-28-18-6-1-2-7-19(18)29-23/h1-7,12-14,22H,8-11,15H2,(H,28,29). The van der Waals surface area contributed by atoms with E-state index in [4.69, 9.17) is 4.74 Å². The highest BCUT2D eigenvalue weighted by atomic mass is 19.1. The molecule has 7 nitrogen and oxygen atoms in total. The number of fused-ring (bicyclic) bond motifs is 1. The van der Waals surface area contributed by atoms with E-state index >= 15 is 0 Å². The Balaban J connectivity index is 1.25. The smallest absolute Gasteiger partial charge is 0.223 e. The molecular weight excluding hydrogens is 409 g/mol. The van der Waals surface area contributed by atoms with Crippen LogP contribution in [0.15, 0.2) is 60.9 Å². The number of halogens is 1. The van der Waals surface area contributed by atoms with E-state index < -0.39 is 0 Å². The van der Waals surface area contributed by atoms with Gasteiger partial charge in [-0.15, -0.1) is 0 Å². The van der Waals surface area contributed by atoms with Crippen molar-refractivity contribution in [3.63, 3.8) is 0 Å². The number of aryl methyl sites for hydroxylation is 1. The third kappa shape index (κ3) is 4.36. The van der Waals surface area contributed by atoms with Crippen molar-refractivity contribution in [2.45, 2.75) is 18.9 Å². The van der Waals surface area contributed by atoms with E-state index in [1.54, 1.807) is 29.4 Å². The number of nitrogens with one attached hydrogen (secondary N) is 1. The Morgan fingerprint density at radius 2 is 2.06 bits per heavy atom. The van der Waals surface area contributed by atoms with E-state index in [-0.39, 0.29) is 17.8 Å². The Bertz CT molecular complexity index is 1220. The molecule has 1 unspecified atom stereocenters. The van der Waals surface area contributed by atoms with E-state index in [9.17, 15) is 9.18 Å². The maximum absolute atomic E-state index is 13.6. The molecule has 1 aliphatic heterocycles. The third-order valence-corrected chi connectivity index (χ3v) is 5.54. The maximum Gasteiger partial charge on any atom is 0.223 e. The Morgan fingerprint density at radius 3 is 2.94 bits per heavy atom. The van der Waals surface area contributed by atoms with Crippen LogP contribution >= 0.6 is 0 Å². The molecule has 1 saturated heterocycles. The number of ether oxygens (including phenoxy) is 1. The number of imidazole rings is 1. The largest absolute Gasteiger partial charge is 0.368 e. The van der Waals surface area contributed by atoms with E-state index in [1.165, 1.54) is 12.1 Å². The molecule has 1 N–H and O–H groups in total. The van der Waals surface area contributed by atoms with E-state index in [0.29, 0.717) is 49.5 Å². The molecule has 3 heterocycles. The average molecular weight is 431 g/mol. The topological polar surface area (TPSA) is 84.0 Å². The maximum atomic E-state index is 13.6. The normalized spacial score (nSPS) is 16.4. The molecule has 0 radical (unpaired) electrons. The first kappa shape index (κ1) is 20.3. The van der Waals surface area contributed by atoms with Gasteiger partial charge in [0, 0.05) is 24.9 Å². The highest BCUT2D eigenvalue weighted by Crippen LogP contribution is 2.24. The highest BCUT2D eigenvalue weighted by molar-refractivity contribution is 5.77. The summed E-state index contributed by atoms with van der Waals surface area (Å²) in [6.07, 6.45) is 3.76. The lowest BCUT2D eigenvalue weighted by molar-refractivity contribution is -0.139. The molecule has 2 aromatic carbocycles. The van der Waals surface area contributed by atoms with Gasteiger partial charge in [0.2, 0.25) is 5.91 Å².